The molecule has 154 valence electrons. The number of nitrogens with zero attached hydrogens (tertiary/aromatic N) is 3. The van der Waals surface area contributed by atoms with Gasteiger partial charge in [0.2, 0.25) is 11.8 Å². The van der Waals surface area contributed by atoms with Crippen LogP contribution in [0.5, 0.6) is 0 Å². The molecule has 0 saturated carbocycles. The lowest BCUT2D eigenvalue weighted by Gasteiger charge is -2.37. The van der Waals surface area contributed by atoms with Gasteiger partial charge in [-0.1, -0.05) is 23.9 Å². The number of hydrogen-bond acceptors (Lipinski definition) is 5. The molecule has 4 rings (SSSR count). The van der Waals surface area contributed by atoms with Crippen LogP contribution in [0.25, 0.3) is 0 Å². The van der Waals surface area contributed by atoms with Crippen molar-refractivity contribution in [3.63, 3.8) is 0 Å². The van der Waals surface area contributed by atoms with Crippen LogP contribution < -0.4 is 0 Å². The van der Waals surface area contributed by atoms with E-state index in [1.54, 1.807) is 23.1 Å². The maximum atomic E-state index is 13.3. The largest absolute Gasteiger partial charge is 0.341 e. The van der Waals surface area contributed by atoms with Crippen molar-refractivity contribution in [3.8, 4) is 0 Å². The Kier molecular flexibility index (Phi) is 5.89. The van der Waals surface area contributed by atoms with E-state index in [1.807, 2.05) is 11.0 Å². The van der Waals surface area contributed by atoms with Crippen molar-refractivity contribution in [1.29, 1.82) is 0 Å². The molecule has 0 N–H and O–H groups in total. The minimum absolute atomic E-state index is 0.0667. The average molecular weight is 416 g/mol. The molecule has 1 atom stereocenters. The number of imide groups is 1. The highest BCUT2D eigenvalue weighted by Gasteiger charge is 2.36. The van der Waals surface area contributed by atoms with Crippen molar-refractivity contribution in [2.24, 2.45) is 0 Å². The first-order valence-corrected chi connectivity index (χ1v) is 11.2. The van der Waals surface area contributed by atoms with E-state index in [1.165, 1.54) is 4.90 Å². The summed E-state index contributed by atoms with van der Waals surface area (Å²) in [6.07, 6.45) is 4.60. The number of amides is 4. The highest BCUT2D eigenvalue weighted by Crippen LogP contribution is 2.25. The molecule has 8 heteroatoms. The van der Waals surface area contributed by atoms with Gasteiger partial charge in [-0.3, -0.25) is 24.1 Å². The first-order valence-electron chi connectivity index (χ1n) is 10.2. The number of hydrogen-bond donors (Lipinski definition) is 0. The van der Waals surface area contributed by atoms with Crippen LogP contribution in [-0.4, -0.2) is 69.1 Å². The van der Waals surface area contributed by atoms with Gasteiger partial charge in [-0.15, -0.1) is 0 Å². The van der Waals surface area contributed by atoms with Crippen molar-refractivity contribution >= 4 is 34.7 Å². The molecule has 0 aromatic heterocycles. The van der Waals surface area contributed by atoms with Gasteiger partial charge in [0.1, 0.15) is 6.04 Å². The Balaban J connectivity index is 1.51. The molecule has 3 aliphatic heterocycles. The average Bonchev–Trinajstić information content (AvgIpc) is 3.39. The SMILES string of the molecule is O=C(C1CCCCN1C(=O)c1cccc(CN2C(=O)CSC2=O)c1)N1CCCC1. The Bertz CT molecular complexity index is 821. The summed E-state index contributed by atoms with van der Waals surface area (Å²) in [6.45, 7) is 2.31. The third kappa shape index (κ3) is 4.17. The van der Waals surface area contributed by atoms with Crippen LogP contribution in [-0.2, 0) is 16.1 Å². The zero-order valence-corrected chi connectivity index (χ0v) is 17.2. The topological polar surface area (TPSA) is 78.0 Å². The van der Waals surface area contributed by atoms with Gasteiger partial charge in [0.05, 0.1) is 12.3 Å². The predicted molar refractivity (Wildman–Crippen MR) is 109 cm³/mol. The van der Waals surface area contributed by atoms with E-state index in [0.29, 0.717) is 18.5 Å². The van der Waals surface area contributed by atoms with Crippen molar-refractivity contribution in [3.05, 3.63) is 35.4 Å². The third-order valence-corrected chi connectivity index (χ3v) is 6.68. The molecule has 1 aromatic rings. The normalized spacial score (nSPS) is 22.5. The monoisotopic (exact) mass is 415 g/mol. The lowest BCUT2D eigenvalue weighted by Crippen LogP contribution is -2.52. The van der Waals surface area contributed by atoms with Crippen LogP contribution in [0.2, 0.25) is 0 Å². The summed E-state index contributed by atoms with van der Waals surface area (Å²) in [4.78, 5) is 54.7. The van der Waals surface area contributed by atoms with Crippen molar-refractivity contribution in [2.75, 3.05) is 25.4 Å². The Labute approximate surface area is 174 Å². The van der Waals surface area contributed by atoms with Crippen LogP contribution in [0.15, 0.2) is 24.3 Å². The summed E-state index contributed by atoms with van der Waals surface area (Å²) in [6, 6.07) is 6.65. The molecule has 3 fully saturated rings. The van der Waals surface area contributed by atoms with Crippen molar-refractivity contribution < 1.29 is 19.2 Å². The molecule has 29 heavy (non-hydrogen) atoms. The van der Waals surface area contributed by atoms with Crippen molar-refractivity contribution in [1.82, 2.24) is 14.7 Å². The number of rotatable bonds is 4. The van der Waals surface area contributed by atoms with Crippen LogP contribution in [0.1, 0.15) is 48.0 Å². The number of likely N-dealkylation sites (tertiary alicyclic amines) is 2. The maximum absolute atomic E-state index is 13.3. The van der Waals surface area contributed by atoms with Crippen LogP contribution >= 0.6 is 11.8 Å². The van der Waals surface area contributed by atoms with Gasteiger partial charge < -0.3 is 9.80 Å². The van der Waals surface area contributed by atoms with E-state index < -0.39 is 6.04 Å². The maximum Gasteiger partial charge on any atom is 0.289 e. The summed E-state index contributed by atoms with van der Waals surface area (Å²) in [5.41, 5.74) is 1.23. The third-order valence-electron chi connectivity index (χ3n) is 5.82. The molecule has 4 amide bonds. The van der Waals surface area contributed by atoms with E-state index in [2.05, 4.69) is 0 Å². The molecule has 1 aromatic carbocycles. The minimum atomic E-state index is -0.392. The molecule has 0 aliphatic carbocycles. The zero-order valence-electron chi connectivity index (χ0n) is 16.3. The fourth-order valence-electron chi connectivity index (χ4n) is 4.26. The Morgan fingerprint density at radius 2 is 1.79 bits per heavy atom. The molecule has 0 bridgehead atoms. The fraction of sp³-hybridized carbons (Fsp3) is 0.524. The molecule has 3 saturated heterocycles. The number of thioether (sulfide) groups is 1. The van der Waals surface area contributed by atoms with Crippen LogP contribution in [0, 0.1) is 0 Å². The second-order valence-electron chi connectivity index (χ2n) is 7.78. The number of carbonyl (C=O) groups is 4. The predicted octanol–water partition coefficient (Wildman–Crippen LogP) is 2.50. The second kappa shape index (κ2) is 8.57. The molecule has 0 radical (unpaired) electrons. The highest BCUT2D eigenvalue weighted by molar-refractivity contribution is 8.14. The molecule has 3 aliphatic rings. The summed E-state index contributed by atoms with van der Waals surface area (Å²) < 4.78 is 0. The number of piperidine rings is 1. The van der Waals surface area contributed by atoms with E-state index in [-0.39, 0.29) is 35.3 Å². The Hall–Kier alpha value is -2.35. The first kappa shape index (κ1) is 19.9. The summed E-state index contributed by atoms with van der Waals surface area (Å²) in [7, 11) is 0. The van der Waals surface area contributed by atoms with Gasteiger partial charge in [-0.05, 0) is 49.8 Å². The lowest BCUT2D eigenvalue weighted by molar-refractivity contribution is -0.136. The van der Waals surface area contributed by atoms with E-state index >= 15 is 0 Å². The number of benzene rings is 1. The van der Waals surface area contributed by atoms with E-state index in [0.717, 1.165) is 56.1 Å². The lowest BCUT2D eigenvalue weighted by atomic mass is 9.99. The fourth-order valence-corrected chi connectivity index (χ4v) is 4.99. The quantitative estimate of drug-likeness (QED) is 0.755. The van der Waals surface area contributed by atoms with Gasteiger partial charge >= 0.3 is 0 Å². The van der Waals surface area contributed by atoms with E-state index in [9.17, 15) is 19.2 Å². The summed E-state index contributed by atoms with van der Waals surface area (Å²) >= 11 is 1.00. The van der Waals surface area contributed by atoms with Gasteiger partial charge in [0.15, 0.2) is 0 Å². The molecule has 7 nitrogen and oxygen atoms in total. The smallest absolute Gasteiger partial charge is 0.289 e. The molecule has 0 spiro atoms. The highest BCUT2D eigenvalue weighted by atomic mass is 32.2. The Morgan fingerprint density at radius 3 is 2.52 bits per heavy atom. The van der Waals surface area contributed by atoms with Gasteiger partial charge in [0.25, 0.3) is 11.1 Å². The zero-order chi connectivity index (χ0) is 20.4. The molecule has 1 unspecified atom stereocenters. The van der Waals surface area contributed by atoms with Crippen LogP contribution in [0.4, 0.5) is 4.79 Å². The minimum Gasteiger partial charge on any atom is -0.341 e. The second-order valence-corrected chi connectivity index (χ2v) is 8.70. The van der Waals surface area contributed by atoms with E-state index in [4.69, 9.17) is 0 Å². The first-order chi connectivity index (χ1) is 14.0. The van der Waals surface area contributed by atoms with Gasteiger partial charge in [0, 0.05) is 25.2 Å². The summed E-state index contributed by atoms with van der Waals surface area (Å²) in [5.74, 6) is -0.121. The molecular weight excluding hydrogens is 390 g/mol. The molecular formula is C21H25N3O4S. The standard InChI is InChI=1S/C21H25N3O4S/c25-18-14-29-21(28)24(18)13-15-6-5-7-16(12-15)19(26)23-11-2-1-8-17(23)20(27)22-9-3-4-10-22/h5-7,12,17H,1-4,8-11,13-14H2. The Morgan fingerprint density at radius 1 is 1.03 bits per heavy atom. The van der Waals surface area contributed by atoms with Crippen molar-refractivity contribution in [2.45, 2.75) is 44.7 Å². The molecule has 3 heterocycles. The van der Waals surface area contributed by atoms with Crippen LogP contribution in [0.3, 0.4) is 0 Å². The number of carbonyl (C=O) groups excluding carboxylic acids is 4. The van der Waals surface area contributed by atoms with Gasteiger partial charge in [-0.2, -0.15) is 0 Å². The summed E-state index contributed by atoms with van der Waals surface area (Å²) in [5, 5.41) is -0.251. The van der Waals surface area contributed by atoms with Gasteiger partial charge in [-0.25, -0.2) is 0 Å².